The average Bonchev–Trinajstić information content (AvgIpc) is 2.69. The number of nitrogens with zero attached hydrogens (tertiary/aromatic N) is 1. The molecule has 5 heteroatoms. The first-order chi connectivity index (χ1) is 13.1. The quantitative estimate of drug-likeness (QED) is 0.684. The number of aryl methyl sites for hydroxylation is 2. The van der Waals surface area contributed by atoms with Gasteiger partial charge in [0.1, 0.15) is 11.6 Å². The summed E-state index contributed by atoms with van der Waals surface area (Å²) in [5.74, 6) is 1.30. The molecule has 27 heavy (non-hydrogen) atoms. The molecular weight excluding hydrogens is 338 g/mol. The molecule has 1 aromatic heterocycles. The lowest BCUT2D eigenvalue weighted by atomic mass is 10.1. The molecular formula is C22H23N3O2. The number of aromatic nitrogens is 1. The van der Waals surface area contributed by atoms with Gasteiger partial charge in [0, 0.05) is 24.0 Å². The fourth-order valence-electron chi connectivity index (χ4n) is 2.81. The molecule has 0 aliphatic rings. The van der Waals surface area contributed by atoms with Gasteiger partial charge in [-0.05, 0) is 54.8 Å². The fraction of sp³-hybridized carbons (Fsp3) is 0.182. The molecule has 0 radical (unpaired) electrons. The third-order valence-electron chi connectivity index (χ3n) is 4.37. The Balaban J connectivity index is 1.68. The highest BCUT2D eigenvalue weighted by Gasteiger charge is 2.09. The molecule has 3 aromatic rings. The van der Waals surface area contributed by atoms with Gasteiger partial charge in [-0.1, -0.05) is 30.3 Å². The van der Waals surface area contributed by atoms with Crippen molar-refractivity contribution in [2.45, 2.75) is 20.4 Å². The summed E-state index contributed by atoms with van der Waals surface area (Å²) in [7, 11) is 1.63. The van der Waals surface area contributed by atoms with E-state index < -0.39 is 0 Å². The van der Waals surface area contributed by atoms with Crippen LogP contribution in [0.15, 0.2) is 60.8 Å². The number of amides is 1. The highest BCUT2D eigenvalue weighted by Crippen LogP contribution is 2.23. The van der Waals surface area contributed by atoms with Gasteiger partial charge in [-0.15, -0.1) is 0 Å². The number of para-hydroxylation sites is 1. The van der Waals surface area contributed by atoms with Crippen LogP contribution in [0.3, 0.4) is 0 Å². The first-order valence-electron chi connectivity index (χ1n) is 8.77. The van der Waals surface area contributed by atoms with Crippen molar-refractivity contribution >= 4 is 17.4 Å². The van der Waals surface area contributed by atoms with Gasteiger partial charge in [-0.2, -0.15) is 0 Å². The van der Waals surface area contributed by atoms with Gasteiger partial charge >= 0.3 is 0 Å². The first-order valence-corrected chi connectivity index (χ1v) is 8.77. The van der Waals surface area contributed by atoms with E-state index in [-0.39, 0.29) is 5.91 Å². The molecule has 2 N–H and O–H groups in total. The Morgan fingerprint density at radius 3 is 2.41 bits per heavy atom. The van der Waals surface area contributed by atoms with Crippen LogP contribution in [0.4, 0.5) is 11.5 Å². The van der Waals surface area contributed by atoms with Crippen LogP contribution in [-0.2, 0) is 6.54 Å². The van der Waals surface area contributed by atoms with Crippen LogP contribution < -0.4 is 15.4 Å². The zero-order chi connectivity index (χ0) is 19.2. The molecule has 0 saturated heterocycles. The lowest BCUT2D eigenvalue weighted by Crippen LogP contribution is -2.22. The van der Waals surface area contributed by atoms with Gasteiger partial charge in [0.25, 0.3) is 5.91 Å². The zero-order valence-electron chi connectivity index (χ0n) is 15.7. The Morgan fingerprint density at radius 1 is 1.04 bits per heavy atom. The van der Waals surface area contributed by atoms with Crippen molar-refractivity contribution in [1.29, 1.82) is 0 Å². The van der Waals surface area contributed by atoms with Crippen LogP contribution in [0.25, 0.3) is 0 Å². The Labute approximate surface area is 159 Å². The summed E-state index contributed by atoms with van der Waals surface area (Å²) < 4.78 is 5.14. The number of ether oxygens (including phenoxy) is 1. The Kier molecular flexibility index (Phi) is 5.71. The van der Waals surface area contributed by atoms with Gasteiger partial charge < -0.3 is 15.4 Å². The predicted octanol–water partition coefficient (Wildman–Crippen LogP) is 4.38. The number of hydrogen-bond acceptors (Lipinski definition) is 4. The number of methoxy groups -OCH3 is 1. The van der Waals surface area contributed by atoms with E-state index in [1.54, 1.807) is 25.4 Å². The number of pyridine rings is 1. The van der Waals surface area contributed by atoms with E-state index in [9.17, 15) is 4.79 Å². The van der Waals surface area contributed by atoms with Crippen LogP contribution in [0.5, 0.6) is 5.75 Å². The minimum Gasteiger partial charge on any atom is -0.497 e. The molecule has 3 rings (SSSR count). The van der Waals surface area contributed by atoms with Crippen molar-refractivity contribution in [1.82, 2.24) is 10.3 Å². The SMILES string of the molecule is COc1ccc(CNC(=O)c2ccnc(Nc3c(C)cccc3C)c2)cc1. The van der Waals surface area contributed by atoms with Gasteiger partial charge in [0.05, 0.1) is 7.11 Å². The van der Waals surface area contributed by atoms with E-state index in [2.05, 4.69) is 15.6 Å². The normalized spacial score (nSPS) is 10.3. The van der Waals surface area contributed by atoms with E-state index in [4.69, 9.17) is 4.74 Å². The molecule has 5 nitrogen and oxygen atoms in total. The third kappa shape index (κ3) is 4.64. The molecule has 0 aliphatic heterocycles. The molecule has 0 unspecified atom stereocenters. The summed E-state index contributed by atoms with van der Waals surface area (Å²) in [6.07, 6.45) is 1.64. The van der Waals surface area contributed by atoms with Crippen LogP contribution in [0.1, 0.15) is 27.0 Å². The second kappa shape index (κ2) is 8.36. The monoisotopic (exact) mass is 361 g/mol. The summed E-state index contributed by atoms with van der Waals surface area (Å²) in [5.41, 5.74) is 4.84. The lowest BCUT2D eigenvalue weighted by molar-refractivity contribution is 0.0951. The molecule has 0 spiro atoms. The zero-order valence-corrected chi connectivity index (χ0v) is 15.7. The van der Waals surface area contributed by atoms with Gasteiger partial charge in [0.15, 0.2) is 0 Å². The Hall–Kier alpha value is -3.34. The lowest BCUT2D eigenvalue weighted by Gasteiger charge is -2.13. The highest BCUT2D eigenvalue weighted by atomic mass is 16.5. The Bertz CT molecular complexity index is 916. The van der Waals surface area contributed by atoms with Crippen molar-refractivity contribution in [3.8, 4) is 5.75 Å². The van der Waals surface area contributed by atoms with E-state index in [0.717, 1.165) is 28.1 Å². The number of nitrogens with one attached hydrogen (secondary N) is 2. The molecule has 0 atom stereocenters. The average molecular weight is 361 g/mol. The van der Waals surface area contributed by atoms with Gasteiger partial charge in [-0.25, -0.2) is 4.98 Å². The van der Waals surface area contributed by atoms with E-state index in [1.165, 1.54) is 0 Å². The smallest absolute Gasteiger partial charge is 0.251 e. The molecule has 0 aliphatic carbocycles. The molecule has 1 amide bonds. The molecule has 0 bridgehead atoms. The standard InChI is InChI=1S/C22H23N3O2/c1-15-5-4-6-16(2)21(15)25-20-13-18(11-12-23-20)22(26)24-14-17-7-9-19(27-3)10-8-17/h4-13H,14H2,1-3H3,(H,23,25)(H,24,26). The third-order valence-corrected chi connectivity index (χ3v) is 4.37. The maximum Gasteiger partial charge on any atom is 0.251 e. The number of anilines is 2. The summed E-state index contributed by atoms with van der Waals surface area (Å²) in [6, 6.07) is 17.2. The van der Waals surface area contributed by atoms with Crippen molar-refractivity contribution < 1.29 is 9.53 Å². The van der Waals surface area contributed by atoms with Gasteiger partial charge in [0.2, 0.25) is 0 Å². The van der Waals surface area contributed by atoms with E-state index >= 15 is 0 Å². The van der Waals surface area contributed by atoms with E-state index in [1.807, 2.05) is 56.3 Å². The predicted molar refractivity (Wildman–Crippen MR) is 108 cm³/mol. The number of carbonyl (C=O) groups is 1. The molecule has 0 saturated carbocycles. The molecule has 2 aromatic carbocycles. The molecule has 1 heterocycles. The minimum absolute atomic E-state index is 0.141. The number of benzene rings is 2. The summed E-state index contributed by atoms with van der Waals surface area (Å²) >= 11 is 0. The number of rotatable bonds is 6. The van der Waals surface area contributed by atoms with Crippen LogP contribution in [0.2, 0.25) is 0 Å². The van der Waals surface area contributed by atoms with Crippen LogP contribution in [0, 0.1) is 13.8 Å². The maximum atomic E-state index is 12.5. The van der Waals surface area contributed by atoms with Crippen molar-refractivity contribution in [2.24, 2.45) is 0 Å². The first kappa shape index (κ1) is 18.5. The summed E-state index contributed by atoms with van der Waals surface area (Å²) in [6.45, 7) is 4.53. The number of carbonyl (C=O) groups excluding carboxylic acids is 1. The van der Waals surface area contributed by atoms with Crippen molar-refractivity contribution in [3.63, 3.8) is 0 Å². The number of hydrogen-bond donors (Lipinski definition) is 2. The van der Waals surface area contributed by atoms with Gasteiger partial charge in [-0.3, -0.25) is 4.79 Å². The molecule has 138 valence electrons. The Morgan fingerprint density at radius 2 is 1.74 bits per heavy atom. The maximum absolute atomic E-state index is 12.5. The van der Waals surface area contributed by atoms with E-state index in [0.29, 0.717) is 17.9 Å². The van der Waals surface area contributed by atoms with Crippen molar-refractivity contribution in [3.05, 3.63) is 83.0 Å². The molecule has 0 fully saturated rings. The minimum atomic E-state index is -0.141. The van der Waals surface area contributed by atoms with Crippen molar-refractivity contribution in [2.75, 3.05) is 12.4 Å². The van der Waals surface area contributed by atoms with Crippen LogP contribution >= 0.6 is 0 Å². The second-order valence-corrected chi connectivity index (χ2v) is 6.35. The highest BCUT2D eigenvalue weighted by molar-refractivity contribution is 5.94. The second-order valence-electron chi connectivity index (χ2n) is 6.35. The summed E-state index contributed by atoms with van der Waals surface area (Å²) in [4.78, 5) is 16.8. The van der Waals surface area contributed by atoms with Crippen LogP contribution in [-0.4, -0.2) is 18.0 Å². The fourth-order valence-corrected chi connectivity index (χ4v) is 2.81. The largest absolute Gasteiger partial charge is 0.497 e. The summed E-state index contributed by atoms with van der Waals surface area (Å²) in [5, 5.41) is 6.25. The topological polar surface area (TPSA) is 63.2 Å².